The highest BCUT2D eigenvalue weighted by atomic mass is 32.1. The minimum atomic E-state index is 0.0829. The van der Waals surface area contributed by atoms with E-state index >= 15 is 0 Å². The summed E-state index contributed by atoms with van der Waals surface area (Å²) in [5.74, 6) is 0. The lowest BCUT2D eigenvalue weighted by Gasteiger charge is -2.23. The molecule has 3 rings (SSSR count). The highest BCUT2D eigenvalue weighted by Crippen LogP contribution is 2.42. The van der Waals surface area contributed by atoms with E-state index in [2.05, 4.69) is 84.0 Å². The Morgan fingerprint density at radius 2 is 1.43 bits per heavy atom. The molecule has 0 aliphatic carbocycles. The van der Waals surface area contributed by atoms with Crippen molar-refractivity contribution in [2.75, 3.05) is 0 Å². The summed E-state index contributed by atoms with van der Waals surface area (Å²) in [4.78, 5) is 4.91. The van der Waals surface area contributed by atoms with Crippen molar-refractivity contribution in [1.82, 2.24) is 4.98 Å². The van der Waals surface area contributed by atoms with Crippen molar-refractivity contribution in [3.63, 3.8) is 0 Å². The minimum Gasteiger partial charge on any atom is -0.241 e. The van der Waals surface area contributed by atoms with Crippen molar-refractivity contribution < 1.29 is 0 Å². The van der Waals surface area contributed by atoms with Crippen LogP contribution in [-0.2, 0) is 10.8 Å². The number of fused-ring (bicyclic) bond motifs is 1. The van der Waals surface area contributed by atoms with Crippen molar-refractivity contribution in [3.8, 4) is 11.1 Å². The molecule has 1 aromatic heterocycles. The van der Waals surface area contributed by atoms with Crippen LogP contribution in [0.15, 0.2) is 42.5 Å². The lowest BCUT2D eigenvalue weighted by atomic mass is 9.81. The third-order valence-corrected chi connectivity index (χ3v) is 5.58. The Balaban J connectivity index is 2.38. The summed E-state index contributed by atoms with van der Waals surface area (Å²) in [5.41, 5.74) is 5.33. The van der Waals surface area contributed by atoms with Gasteiger partial charge in [0.05, 0.1) is 15.2 Å². The van der Waals surface area contributed by atoms with E-state index in [-0.39, 0.29) is 10.8 Å². The van der Waals surface area contributed by atoms with Crippen molar-refractivity contribution in [2.45, 2.75) is 52.4 Å². The van der Waals surface area contributed by atoms with E-state index in [4.69, 9.17) is 4.98 Å². The maximum Gasteiger partial charge on any atom is 0.0992 e. The van der Waals surface area contributed by atoms with Gasteiger partial charge in [-0.2, -0.15) is 0 Å². The van der Waals surface area contributed by atoms with E-state index in [9.17, 15) is 0 Å². The lowest BCUT2D eigenvalue weighted by Crippen LogP contribution is -2.12. The highest BCUT2D eigenvalue weighted by Gasteiger charge is 2.25. The first-order valence-corrected chi connectivity index (χ1v) is 8.99. The van der Waals surface area contributed by atoms with Crippen LogP contribution in [0.5, 0.6) is 0 Å². The lowest BCUT2D eigenvalue weighted by molar-refractivity contribution is 0.587. The summed E-state index contributed by atoms with van der Waals surface area (Å²) in [6.07, 6.45) is 0. The average molecular weight is 324 g/mol. The summed E-state index contributed by atoms with van der Waals surface area (Å²) >= 11 is 1.84. The number of nitrogens with zero attached hydrogens (tertiary/aromatic N) is 1. The predicted molar refractivity (Wildman–Crippen MR) is 102 cm³/mol. The molecule has 3 aromatic rings. The topological polar surface area (TPSA) is 12.9 Å². The average Bonchev–Trinajstić information content (AvgIpc) is 2.90. The van der Waals surface area contributed by atoms with E-state index in [1.807, 2.05) is 11.3 Å². The Morgan fingerprint density at radius 1 is 0.783 bits per heavy atom. The normalized spacial score (nSPS) is 12.8. The molecule has 1 nitrogen and oxygen atoms in total. The summed E-state index contributed by atoms with van der Waals surface area (Å²) in [6.45, 7) is 13.6. The van der Waals surface area contributed by atoms with Gasteiger partial charge in [0.25, 0.3) is 0 Å². The molecule has 23 heavy (non-hydrogen) atoms. The summed E-state index contributed by atoms with van der Waals surface area (Å²) in [6, 6.07) is 15.2. The first-order chi connectivity index (χ1) is 10.7. The molecular weight excluding hydrogens is 298 g/mol. The molecule has 0 atom stereocenters. The van der Waals surface area contributed by atoms with E-state index in [1.165, 1.54) is 26.4 Å². The van der Waals surface area contributed by atoms with Crippen LogP contribution in [0.3, 0.4) is 0 Å². The van der Waals surface area contributed by atoms with Crippen LogP contribution in [-0.4, -0.2) is 4.98 Å². The third kappa shape index (κ3) is 3.05. The fourth-order valence-electron chi connectivity index (χ4n) is 2.83. The molecule has 1 heterocycles. The molecule has 120 valence electrons. The van der Waals surface area contributed by atoms with Crippen LogP contribution in [0.2, 0.25) is 0 Å². The Hall–Kier alpha value is -1.67. The molecule has 0 radical (unpaired) electrons. The van der Waals surface area contributed by atoms with Crippen LogP contribution < -0.4 is 0 Å². The van der Waals surface area contributed by atoms with Gasteiger partial charge in [-0.15, -0.1) is 11.3 Å². The molecule has 2 aromatic carbocycles. The Kier molecular flexibility index (Phi) is 3.84. The zero-order valence-electron chi connectivity index (χ0n) is 14.9. The van der Waals surface area contributed by atoms with Crippen LogP contribution in [0, 0.1) is 0 Å². The molecule has 0 spiro atoms. The van der Waals surface area contributed by atoms with Gasteiger partial charge in [0, 0.05) is 11.0 Å². The monoisotopic (exact) mass is 323 g/mol. The van der Waals surface area contributed by atoms with Gasteiger partial charge in [0.2, 0.25) is 0 Å². The molecule has 0 aliphatic rings. The molecule has 0 unspecified atom stereocenters. The number of rotatable bonds is 1. The maximum atomic E-state index is 4.91. The Bertz CT molecular complexity index is 830. The molecule has 0 aliphatic heterocycles. The van der Waals surface area contributed by atoms with Gasteiger partial charge in [-0.25, -0.2) is 4.98 Å². The molecule has 0 saturated carbocycles. The second-order valence-corrected chi connectivity index (χ2v) is 9.22. The maximum absolute atomic E-state index is 4.91. The molecule has 0 amide bonds. The zero-order valence-corrected chi connectivity index (χ0v) is 15.7. The first-order valence-electron chi connectivity index (χ1n) is 8.18. The molecule has 2 heteroatoms. The number of hydrogen-bond acceptors (Lipinski definition) is 2. The van der Waals surface area contributed by atoms with Gasteiger partial charge < -0.3 is 0 Å². The van der Waals surface area contributed by atoms with E-state index < -0.39 is 0 Å². The second kappa shape index (κ2) is 5.45. The SMILES string of the molecule is CC(C)(C)c1nc2ccc(C(C)(C)C)c(-c3ccccc3)c2s1. The van der Waals surface area contributed by atoms with Crippen molar-refractivity contribution in [1.29, 1.82) is 0 Å². The number of benzene rings is 2. The van der Waals surface area contributed by atoms with Crippen molar-refractivity contribution in [2.24, 2.45) is 0 Å². The predicted octanol–water partition coefficient (Wildman–Crippen LogP) is 6.56. The fourth-order valence-corrected chi connectivity index (χ4v) is 4.02. The van der Waals surface area contributed by atoms with Gasteiger partial charge in [0.15, 0.2) is 0 Å². The van der Waals surface area contributed by atoms with Gasteiger partial charge in [-0.05, 0) is 22.6 Å². The van der Waals surface area contributed by atoms with Crippen LogP contribution in [0.25, 0.3) is 21.3 Å². The molecule has 0 N–H and O–H groups in total. The summed E-state index contributed by atoms with van der Waals surface area (Å²) in [7, 11) is 0. The van der Waals surface area contributed by atoms with Crippen molar-refractivity contribution >= 4 is 21.6 Å². The Labute approximate surface area is 143 Å². The number of aromatic nitrogens is 1. The largest absolute Gasteiger partial charge is 0.241 e. The van der Waals surface area contributed by atoms with E-state index in [0.717, 1.165) is 5.52 Å². The van der Waals surface area contributed by atoms with Gasteiger partial charge in [0.1, 0.15) is 0 Å². The zero-order chi connectivity index (χ0) is 16.8. The molecule has 0 fully saturated rings. The fraction of sp³-hybridized carbons (Fsp3) is 0.381. The number of thiazole rings is 1. The molecule has 0 bridgehead atoms. The first kappa shape index (κ1) is 16.2. The second-order valence-electron chi connectivity index (χ2n) is 8.22. The smallest absolute Gasteiger partial charge is 0.0992 e. The van der Waals surface area contributed by atoms with Crippen LogP contribution >= 0.6 is 11.3 Å². The van der Waals surface area contributed by atoms with Crippen molar-refractivity contribution in [3.05, 3.63) is 53.0 Å². The quantitative estimate of drug-likeness (QED) is 0.494. The highest BCUT2D eigenvalue weighted by molar-refractivity contribution is 7.19. The summed E-state index contributed by atoms with van der Waals surface area (Å²) < 4.78 is 1.31. The van der Waals surface area contributed by atoms with Crippen LogP contribution in [0.4, 0.5) is 0 Å². The minimum absolute atomic E-state index is 0.0829. The van der Waals surface area contributed by atoms with E-state index in [0.29, 0.717) is 0 Å². The molecular formula is C21H25NS. The number of hydrogen-bond donors (Lipinski definition) is 0. The standard InChI is InChI=1S/C21H25NS/c1-20(2,3)15-12-13-16-18(23-19(22-16)21(4,5)6)17(15)14-10-8-7-9-11-14/h7-13H,1-6H3. The van der Waals surface area contributed by atoms with E-state index in [1.54, 1.807) is 0 Å². The van der Waals surface area contributed by atoms with Gasteiger partial charge in [-0.1, -0.05) is 77.9 Å². The van der Waals surface area contributed by atoms with Crippen LogP contribution in [0.1, 0.15) is 52.1 Å². The van der Waals surface area contributed by atoms with Gasteiger partial charge >= 0.3 is 0 Å². The molecule has 0 saturated heterocycles. The third-order valence-electron chi connectivity index (χ3n) is 4.07. The Morgan fingerprint density at radius 3 is 2.00 bits per heavy atom. The van der Waals surface area contributed by atoms with Gasteiger partial charge in [-0.3, -0.25) is 0 Å². The summed E-state index contributed by atoms with van der Waals surface area (Å²) in [5, 5.41) is 1.20.